The molecule has 3 amide bonds. The first-order valence-electron chi connectivity index (χ1n) is 12.5. The van der Waals surface area contributed by atoms with Gasteiger partial charge in [0.05, 0.1) is 12.1 Å². The Kier molecular flexibility index (Phi) is 10.5. The third-order valence-electron chi connectivity index (χ3n) is 7.15. The zero-order valence-electron chi connectivity index (χ0n) is 20.5. The highest BCUT2D eigenvalue weighted by Crippen LogP contribution is 2.32. The molecular weight excluding hydrogens is 420 g/mol. The molecular formula is C25H42N4O4. The van der Waals surface area contributed by atoms with Gasteiger partial charge in [0.1, 0.15) is 6.04 Å². The Morgan fingerprint density at radius 3 is 2.36 bits per heavy atom. The van der Waals surface area contributed by atoms with Crippen LogP contribution in [0.15, 0.2) is 12.7 Å². The Hall–Kier alpha value is -2.22. The zero-order chi connectivity index (χ0) is 24.5. The molecule has 1 aliphatic carbocycles. The standard InChI is InChI=1S/C25H42N4O4/c1-5-10-19(22(30)24(32)27-13-6-2)28-23(31)20-14-18(16(3)4)15-29(20)25(33)21(26)17-11-8-7-9-12-17/h6,16-21H,2,5,7-15,26H2,1,3-4H3,(H,27,32)(H,28,31)/t18-,19?,20+,21+/m1/s1. The molecule has 0 spiro atoms. The van der Waals surface area contributed by atoms with Crippen LogP contribution in [0.2, 0.25) is 0 Å². The van der Waals surface area contributed by atoms with Gasteiger partial charge in [0, 0.05) is 13.1 Å². The summed E-state index contributed by atoms with van der Waals surface area (Å²) < 4.78 is 0. The second kappa shape index (κ2) is 12.9. The summed E-state index contributed by atoms with van der Waals surface area (Å²) in [5.74, 6) is -1.34. The molecule has 0 aromatic rings. The van der Waals surface area contributed by atoms with E-state index in [1.54, 1.807) is 4.90 Å². The number of nitrogens with two attached hydrogens (primary N) is 1. The minimum atomic E-state index is -0.922. The van der Waals surface area contributed by atoms with Crippen molar-refractivity contribution in [2.45, 2.75) is 90.3 Å². The second-order valence-corrected chi connectivity index (χ2v) is 9.88. The molecule has 33 heavy (non-hydrogen) atoms. The smallest absolute Gasteiger partial charge is 0.289 e. The SMILES string of the molecule is C=CCNC(=O)C(=O)C(CCC)NC(=O)[C@@H]1C[C@@H](C(C)C)CN1C(=O)[C@@H](N)C1CCCCC1. The van der Waals surface area contributed by atoms with Crippen LogP contribution in [-0.2, 0) is 19.2 Å². The third-order valence-corrected chi connectivity index (χ3v) is 7.15. The van der Waals surface area contributed by atoms with Gasteiger partial charge in [-0.05, 0) is 43.4 Å². The van der Waals surface area contributed by atoms with E-state index in [9.17, 15) is 19.2 Å². The van der Waals surface area contributed by atoms with E-state index in [-0.39, 0.29) is 30.2 Å². The highest BCUT2D eigenvalue weighted by atomic mass is 16.2. The molecule has 1 saturated heterocycles. The van der Waals surface area contributed by atoms with Gasteiger partial charge in [0.2, 0.25) is 17.6 Å². The van der Waals surface area contributed by atoms with Crippen molar-refractivity contribution in [3.8, 4) is 0 Å². The van der Waals surface area contributed by atoms with Gasteiger partial charge in [0.25, 0.3) is 5.91 Å². The molecule has 1 heterocycles. The van der Waals surface area contributed by atoms with Crippen LogP contribution in [0.3, 0.4) is 0 Å². The Bertz CT molecular complexity index is 717. The Morgan fingerprint density at radius 2 is 1.79 bits per heavy atom. The van der Waals surface area contributed by atoms with E-state index in [4.69, 9.17) is 5.73 Å². The predicted octanol–water partition coefficient (Wildman–Crippen LogP) is 1.92. The van der Waals surface area contributed by atoms with Gasteiger partial charge in [0.15, 0.2) is 0 Å². The fourth-order valence-corrected chi connectivity index (χ4v) is 4.97. The van der Waals surface area contributed by atoms with Crippen LogP contribution in [0.1, 0.15) is 72.1 Å². The first-order valence-corrected chi connectivity index (χ1v) is 12.5. The number of carbonyl (C=O) groups excluding carboxylic acids is 4. The fourth-order valence-electron chi connectivity index (χ4n) is 4.97. The number of rotatable bonds is 11. The average molecular weight is 463 g/mol. The van der Waals surface area contributed by atoms with Gasteiger partial charge in [-0.2, -0.15) is 0 Å². The highest BCUT2D eigenvalue weighted by molar-refractivity contribution is 6.38. The Labute approximate surface area is 198 Å². The second-order valence-electron chi connectivity index (χ2n) is 9.88. The monoisotopic (exact) mass is 462 g/mol. The number of nitrogens with zero attached hydrogens (tertiary/aromatic N) is 1. The van der Waals surface area contributed by atoms with Crippen molar-refractivity contribution in [2.24, 2.45) is 23.5 Å². The lowest BCUT2D eigenvalue weighted by Crippen LogP contribution is -2.56. The van der Waals surface area contributed by atoms with Crippen molar-refractivity contribution in [3.05, 3.63) is 12.7 Å². The minimum Gasteiger partial charge on any atom is -0.346 e. The molecule has 8 nitrogen and oxygen atoms in total. The highest BCUT2D eigenvalue weighted by Gasteiger charge is 2.44. The topological polar surface area (TPSA) is 122 Å². The molecule has 1 aliphatic heterocycles. The first kappa shape index (κ1) is 27.0. The summed E-state index contributed by atoms with van der Waals surface area (Å²) in [5.41, 5.74) is 6.40. The molecule has 2 aliphatic rings. The number of nitrogens with one attached hydrogen (secondary N) is 2. The molecule has 0 aromatic carbocycles. The lowest BCUT2D eigenvalue weighted by atomic mass is 9.83. The van der Waals surface area contributed by atoms with Crippen LogP contribution in [0.25, 0.3) is 0 Å². The maximum absolute atomic E-state index is 13.4. The Morgan fingerprint density at radius 1 is 1.12 bits per heavy atom. The summed E-state index contributed by atoms with van der Waals surface area (Å²) in [4.78, 5) is 53.1. The van der Waals surface area contributed by atoms with Crippen molar-refractivity contribution >= 4 is 23.5 Å². The van der Waals surface area contributed by atoms with Crippen LogP contribution in [0, 0.1) is 17.8 Å². The molecule has 2 fully saturated rings. The molecule has 2 rings (SSSR count). The van der Waals surface area contributed by atoms with E-state index >= 15 is 0 Å². The van der Waals surface area contributed by atoms with E-state index in [0.717, 1.165) is 25.7 Å². The van der Waals surface area contributed by atoms with Crippen LogP contribution in [0.5, 0.6) is 0 Å². The van der Waals surface area contributed by atoms with Crippen LogP contribution < -0.4 is 16.4 Å². The van der Waals surface area contributed by atoms with Crippen molar-refractivity contribution in [3.63, 3.8) is 0 Å². The Balaban J connectivity index is 2.15. The van der Waals surface area contributed by atoms with E-state index in [1.165, 1.54) is 12.5 Å². The van der Waals surface area contributed by atoms with Crippen molar-refractivity contribution < 1.29 is 19.2 Å². The molecule has 0 radical (unpaired) electrons. The number of Topliss-reactive ketones (excluding diaryl/α,β-unsaturated/α-hetero) is 1. The first-order chi connectivity index (χ1) is 15.7. The minimum absolute atomic E-state index is 0.149. The van der Waals surface area contributed by atoms with Gasteiger partial charge in [-0.3, -0.25) is 19.2 Å². The summed E-state index contributed by atoms with van der Waals surface area (Å²) in [6, 6.07) is -2.21. The van der Waals surface area contributed by atoms with Gasteiger partial charge >= 0.3 is 0 Å². The summed E-state index contributed by atoms with van der Waals surface area (Å²) in [7, 11) is 0. The van der Waals surface area contributed by atoms with Crippen molar-refractivity contribution in [1.29, 1.82) is 0 Å². The van der Waals surface area contributed by atoms with E-state index in [0.29, 0.717) is 31.7 Å². The fraction of sp³-hybridized carbons (Fsp3) is 0.760. The van der Waals surface area contributed by atoms with Gasteiger partial charge < -0.3 is 21.3 Å². The summed E-state index contributed by atoms with van der Waals surface area (Å²) >= 11 is 0. The molecule has 1 saturated carbocycles. The van der Waals surface area contributed by atoms with Crippen LogP contribution in [-0.4, -0.2) is 59.6 Å². The zero-order valence-corrected chi connectivity index (χ0v) is 20.5. The van der Waals surface area contributed by atoms with E-state index < -0.39 is 29.8 Å². The van der Waals surface area contributed by atoms with Gasteiger partial charge in [-0.15, -0.1) is 6.58 Å². The molecule has 186 valence electrons. The number of likely N-dealkylation sites (tertiary alicyclic amines) is 1. The summed E-state index contributed by atoms with van der Waals surface area (Å²) in [6.07, 6.45) is 8.22. The summed E-state index contributed by atoms with van der Waals surface area (Å²) in [5, 5.41) is 5.25. The van der Waals surface area contributed by atoms with Crippen molar-refractivity contribution in [1.82, 2.24) is 15.5 Å². The maximum Gasteiger partial charge on any atom is 0.289 e. The number of hydrogen-bond acceptors (Lipinski definition) is 5. The third kappa shape index (κ3) is 7.13. The lowest BCUT2D eigenvalue weighted by Gasteiger charge is -2.32. The van der Waals surface area contributed by atoms with Gasteiger partial charge in [-0.25, -0.2) is 0 Å². The molecule has 0 aromatic heterocycles. The normalized spacial score (nSPS) is 23.1. The molecule has 8 heteroatoms. The largest absolute Gasteiger partial charge is 0.346 e. The quantitative estimate of drug-likeness (QED) is 0.320. The van der Waals surface area contributed by atoms with Crippen molar-refractivity contribution in [2.75, 3.05) is 13.1 Å². The number of hydrogen-bond donors (Lipinski definition) is 3. The number of ketones is 1. The average Bonchev–Trinajstić information content (AvgIpc) is 3.27. The molecule has 1 unspecified atom stereocenters. The molecule has 4 N–H and O–H groups in total. The predicted molar refractivity (Wildman–Crippen MR) is 128 cm³/mol. The lowest BCUT2D eigenvalue weighted by molar-refractivity contribution is -0.143. The number of carbonyl (C=O) groups is 4. The molecule has 4 atom stereocenters. The van der Waals surface area contributed by atoms with Crippen LogP contribution >= 0.6 is 0 Å². The summed E-state index contributed by atoms with van der Waals surface area (Å²) in [6.45, 7) is 10.2. The van der Waals surface area contributed by atoms with E-state index in [2.05, 4.69) is 31.1 Å². The maximum atomic E-state index is 13.4. The number of amides is 3. The molecule has 0 bridgehead atoms. The van der Waals surface area contributed by atoms with E-state index in [1.807, 2.05) is 6.92 Å². The van der Waals surface area contributed by atoms with Crippen LogP contribution in [0.4, 0.5) is 0 Å². The van der Waals surface area contributed by atoms with Gasteiger partial charge in [-0.1, -0.05) is 52.5 Å².